The Bertz CT molecular complexity index is 3140. The van der Waals surface area contributed by atoms with Gasteiger partial charge in [0, 0.05) is 25.9 Å². The molecule has 344 valence electrons. The molecule has 0 amide bonds. The second kappa shape index (κ2) is 22.5. The Morgan fingerprint density at radius 1 is 0.662 bits per heavy atom. The van der Waals surface area contributed by atoms with Crippen molar-refractivity contribution in [3.8, 4) is 30.2 Å². The minimum atomic E-state index is -4.42. The predicted octanol–water partition coefficient (Wildman–Crippen LogP) is 2.94. The van der Waals surface area contributed by atoms with Crippen molar-refractivity contribution in [1.29, 1.82) is 21.0 Å². The monoisotopic (exact) mass is 966 g/mol. The fraction of sp³-hybridized carbons (Fsp3) is 0.333. The predicted molar refractivity (Wildman–Crippen MR) is 236 cm³/mol. The summed E-state index contributed by atoms with van der Waals surface area (Å²) in [6.07, 6.45) is -1.13. The fourth-order valence-corrected chi connectivity index (χ4v) is 12.0. The number of hydrogen-bond donors (Lipinski definition) is 1. The summed E-state index contributed by atoms with van der Waals surface area (Å²) in [7, 11) is -12.1. The highest BCUT2D eigenvalue weighted by molar-refractivity contribution is 7.94. The molecule has 0 aliphatic rings. The Balaban J connectivity index is 0.000000441. The number of Topliss-reactive ketones (excluding diaryl/α,β-unsaturated/α-hetero) is 2. The molecule has 0 saturated carbocycles. The van der Waals surface area contributed by atoms with E-state index in [-0.39, 0.29) is 54.2 Å². The van der Waals surface area contributed by atoms with Gasteiger partial charge in [-0.15, -0.1) is 0 Å². The zero-order valence-corrected chi connectivity index (χ0v) is 38.9. The van der Waals surface area contributed by atoms with Crippen LogP contribution in [0.15, 0.2) is 68.1 Å². The van der Waals surface area contributed by atoms with Crippen molar-refractivity contribution >= 4 is 51.3 Å². The molecule has 4 rings (SSSR count). The molecule has 2 aromatic heterocycles. The molecular formula is C42H46N8O11S4. The third-order valence-corrected chi connectivity index (χ3v) is 16.1. The van der Waals surface area contributed by atoms with Crippen molar-refractivity contribution < 1.29 is 48.0 Å². The van der Waals surface area contributed by atoms with E-state index in [1.807, 2.05) is 24.3 Å². The topological polar surface area (TPSA) is 316 Å². The number of benzene rings is 2. The van der Waals surface area contributed by atoms with E-state index in [1.165, 1.54) is 39.4 Å². The summed E-state index contributed by atoms with van der Waals surface area (Å²) < 4.78 is 110. The largest absolute Gasteiger partial charge is 0.481 e. The van der Waals surface area contributed by atoms with Crippen LogP contribution in [-0.4, -0.2) is 99.3 Å². The van der Waals surface area contributed by atoms with E-state index in [9.17, 15) is 53.8 Å². The highest BCUT2D eigenvalue weighted by Gasteiger charge is 2.32. The van der Waals surface area contributed by atoms with Gasteiger partial charge in [0.25, 0.3) is 0 Å². The molecule has 0 saturated heterocycles. The summed E-state index contributed by atoms with van der Waals surface area (Å²) in [5, 5.41) is 36.5. The molecule has 2 aromatic carbocycles. The number of nitriles is 4. The van der Waals surface area contributed by atoms with Crippen LogP contribution in [-0.2, 0) is 75.0 Å². The van der Waals surface area contributed by atoms with Crippen molar-refractivity contribution in [2.45, 2.75) is 73.5 Å². The number of pyridine rings is 2. The van der Waals surface area contributed by atoms with Gasteiger partial charge in [-0.05, 0) is 80.4 Å². The van der Waals surface area contributed by atoms with Crippen molar-refractivity contribution in [3.63, 3.8) is 0 Å². The molecule has 0 aliphatic carbocycles. The Morgan fingerprint density at radius 3 is 1.51 bits per heavy atom. The van der Waals surface area contributed by atoms with Gasteiger partial charge in [-0.3, -0.25) is 14.6 Å². The zero-order valence-electron chi connectivity index (χ0n) is 35.6. The third kappa shape index (κ3) is 13.5. The van der Waals surface area contributed by atoms with E-state index in [2.05, 4.69) is 14.7 Å². The SMILES string of the molecule is C.CNS(=O)(=O)c1ccc(CC#N)cc1S(=O)(=O)CC(=O)Cc1nc(C)cc(C)c1C#N.COc1cc(C)c(C#N)c(CC(=O)CS(=O)(=O)c2cc(CC#N)ccc2S(=O)(=O)N(C)C)n1. The molecule has 0 atom stereocenters. The Kier molecular flexibility index (Phi) is 18.9. The molecule has 19 nitrogen and oxygen atoms in total. The third-order valence-electron chi connectivity index (χ3n) is 9.12. The van der Waals surface area contributed by atoms with Crippen LogP contribution in [0.5, 0.6) is 5.88 Å². The molecule has 23 heteroatoms. The number of carbonyl (C=O) groups is 2. The molecule has 0 spiro atoms. The first-order valence-corrected chi connectivity index (χ1v) is 24.7. The number of ketones is 2. The number of methoxy groups -OCH3 is 1. The number of aromatic nitrogens is 2. The smallest absolute Gasteiger partial charge is 0.243 e. The lowest BCUT2D eigenvalue weighted by molar-refractivity contribution is -0.117. The van der Waals surface area contributed by atoms with E-state index in [0.29, 0.717) is 22.4 Å². The fourth-order valence-electron chi connectivity index (χ4n) is 6.08. The standard InChI is InChI=1S/C21H22N4O6S2.C20H20N4O5S2.CH4/c1-14-9-21(31-4)24-18(17(14)12-23)11-16(26)13-32(27,28)20-10-15(7-8-22)5-6-19(20)33(29,30)25(2)3;1-13-8-14(2)24-18(17(13)11-22)10-16(25)12-30(26,27)20-9-15(6-7-21)4-5-19(20)31(28,29)23-3;/h5-6,9-10H,7,11,13H2,1-4H3;4-5,8-9,23H,6,10,12H2,1-3H3;1H4. The van der Waals surface area contributed by atoms with Crippen LogP contribution in [0.1, 0.15) is 57.9 Å². The Morgan fingerprint density at radius 2 is 1.09 bits per heavy atom. The molecule has 0 unspecified atom stereocenters. The van der Waals surface area contributed by atoms with Gasteiger partial charge in [-0.25, -0.2) is 47.7 Å². The summed E-state index contributed by atoms with van der Waals surface area (Å²) in [6.45, 7) is 5.01. The summed E-state index contributed by atoms with van der Waals surface area (Å²) in [5.74, 6) is -3.35. The lowest BCUT2D eigenvalue weighted by Crippen LogP contribution is -2.26. The number of rotatable bonds is 17. The van der Waals surface area contributed by atoms with Gasteiger partial charge in [-0.1, -0.05) is 19.6 Å². The molecule has 0 aliphatic heterocycles. The molecule has 2 heterocycles. The highest BCUT2D eigenvalue weighted by atomic mass is 32.2. The van der Waals surface area contributed by atoms with Crippen molar-refractivity contribution in [1.82, 2.24) is 19.0 Å². The highest BCUT2D eigenvalue weighted by Crippen LogP contribution is 2.28. The van der Waals surface area contributed by atoms with E-state index >= 15 is 0 Å². The van der Waals surface area contributed by atoms with Gasteiger partial charge in [-0.2, -0.15) is 21.0 Å². The van der Waals surface area contributed by atoms with Crippen LogP contribution >= 0.6 is 0 Å². The van der Waals surface area contributed by atoms with E-state index in [4.69, 9.17) is 15.3 Å². The molecule has 1 N–H and O–H groups in total. The maximum atomic E-state index is 13.1. The number of sulfone groups is 2. The van der Waals surface area contributed by atoms with E-state index in [0.717, 1.165) is 35.6 Å². The average molecular weight is 967 g/mol. The lowest BCUT2D eigenvalue weighted by atomic mass is 10.0. The average Bonchev–Trinajstić information content (AvgIpc) is 3.20. The van der Waals surface area contributed by atoms with E-state index < -0.39 is 95.2 Å². The molecule has 0 radical (unpaired) electrons. The van der Waals surface area contributed by atoms with Gasteiger partial charge in [0.05, 0.1) is 77.2 Å². The molecule has 65 heavy (non-hydrogen) atoms. The van der Waals surface area contributed by atoms with E-state index in [1.54, 1.807) is 26.8 Å². The van der Waals surface area contributed by atoms with Gasteiger partial charge in [0.2, 0.25) is 25.9 Å². The maximum absolute atomic E-state index is 13.1. The second-order valence-corrected chi connectivity index (χ2v) is 22.0. The molecule has 0 bridgehead atoms. The van der Waals surface area contributed by atoms with Gasteiger partial charge in [0.1, 0.15) is 33.4 Å². The first-order valence-electron chi connectivity index (χ1n) is 18.5. The Labute approximate surface area is 379 Å². The first-order chi connectivity index (χ1) is 29.8. The number of carbonyl (C=O) groups excluding carboxylic acids is 2. The minimum Gasteiger partial charge on any atom is -0.481 e. The van der Waals surface area contributed by atoms with Crippen molar-refractivity contribution in [2.75, 3.05) is 39.8 Å². The van der Waals surface area contributed by atoms with Crippen LogP contribution in [0.4, 0.5) is 0 Å². The molecule has 0 fully saturated rings. The number of ether oxygens (including phenoxy) is 1. The number of nitrogens with zero attached hydrogens (tertiary/aromatic N) is 7. The maximum Gasteiger partial charge on any atom is 0.243 e. The summed E-state index contributed by atoms with van der Waals surface area (Å²) >= 11 is 0. The number of sulfonamides is 2. The van der Waals surface area contributed by atoms with Gasteiger partial charge in [0.15, 0.2) is 31.2 Å². The van der Waals surface area contributed by atoms with Crippen molar-refractivity contribution in [2.24, 2.45) is 0 Å². The van der Waals surface area contributed by atoms with Crippen LogP contribution in [0, 0.1) is 66.1 Å². The normalized spacial score (nSPS) is 11.4. The zero-order chi connectivity index (χ0) is 48.4. The Hall–Kier alpha value is -6.44. The van der Waals surface area contributed by atoms with Crippen LogP contribution < -0.4 is 9.46 Å². The number of hydrogen-bond acceptors (Lipinski definition) is 17. The molecule has 4 aromatic rings. The van der Waals surface area contributed by atoms with Crippen LogP contribution in [0.3, 0.4) is 0 Å². The molecular weight excluding hydrogens is 921 g/mol. The summed E-state index contributed by atoms with van der Waals surface area (Å²) in [6, 6.07) is 17.9. The second-order valence-electron chi connectivity index (χ2n) is 14.1. The van der Waals surface area contributed by atoms with Crippen LogP contribution in [0.25, 0.3) is 0 Å². The lowest BCUT2D eigenvalue weighted by Gasteiger charge is -2.16. The summed E-state index contributed by atoms with van der Waals surface area (Å²) in [5.41, 5.74) is 2.86. The quantitative estimate of drug-likeness (QED) is 0.159. The first kappa shape index (κ1) is 54.7. The summed E-state index contributed by atoms with van der Waals surface area (Å²) in [4.78, 5) is 31.4. The van der Waals surface area contributed by atoms with Crippen molar-refractivity contribution in [3.05, 3.63) is 99.0 Å². The van der Waals surface area contributed by atoms with Gasteiger partial charge >= 0.3 is 0 Å². The van der Waals surface area contributed by atoms with Crippen LogP contribution in [0.2, 0.25) is 0 Å². The number of aryl methyl sites for hydroxylation is 3. The van der Waals surface area contributed by atoms with Gasteiger partial charge < -0.3 is 4.74 Å². The minimum absolute atomic E-state index is 0. The number of nitrogens with one attached hydrogen (secondary N) is 1.